The van der Waals surface area contributed by atoms with Crippen molar-refractivity contribution in [2.45, 2.75) is 84.7 Å². The van der Waals surface area contributed by atoms with Crippen molar-refractivity contribution in [3.63, 3.8) is 0 Å². The summed E-state index contributed by atoms with van der Waals surface area (Å²) in [7, 11) is 0. The summed E-state index contributed by atoms with van der Waals surface area (Å²) >= 11 is 0. The van der Waals surface area contributed by atoms with Gasteiger partial charge in [0.25, 0.3) is 0 Å². The van der Waals surface area contributed by atoms with Crippen LogP contribution in [0.4, 0.5) is 0 Å². The van der Waals surface area contributed by atoms with Gasteiger partial charge in [-0.3, -0.25) is 0 Å². The molecule has 0 fully saturated rings. The molecule has 36 heavy (non-hydrogen) atoms. The number of carbonyl (C=O) groups is 1. The number of carbonyl (C=O) groups excluding carboxylic acids is 1. The number of hydrogen-bond acceptors (Lipinski definition) is 3. The minimum absolute atomic E-state index is 0.0944. The van der Waals surface area contributed by atoms with E-state index in [2.05, 4.69) is 45.0 Å². The van der Waals surface area contributed by atoms with Crippen LogP contribution >= 0.6 is 0 Å². The SMILES string of the molecule is CCCCCCCCCOC(C)c1ccc(-c2ccc(OC(=O)c3ccc(CCC)cc3)cc2)cc1. The molecule has 1 atom stereocenters. The predicted molar refractivity (Wildman–Crippen MR) is 150 cm³/mol. The van der Waals surface area contributed by atoms with Crippen LogP contribution in [0.15, 0.2) is 72.8 Å². The maximum Gasteiger partial charge on any atom is 0.343 e. The van der Waals surface area contributed by atoms with Gasteiger partial charge >= 0.3 is 5.97 Å². The fourth-order valence-electron chi connectivity index (χ4n) is 4.34. The van der Waals surface area contributed by atoms with Crippen LogP contribution in [-0.2, 0) is 11.2 Å². The highest BCUT2D eigenvalue weighted by Gasteiger charge is 2.10. The number of hydrogen-bond donors (Lipinski definition) is 0. The van der Waals surface area contributed by atoms with E-state index in [1.165, 1.54) is 49.7 Å². The number of esters is 1. The van der Waals surface area contributed by atoms with Gasteiger partial charge in [-0.2, -0.15) is 0 Å². The maximum atomic E-state index is 12.5. The van der Waals surface area contributed by atoms with E-state index >= 15 is 0 Å². The van der Waals surface area contributed by atoms with Gasteiger partial charge < -0.3 is 9.47 Å². The standard InChI is InChI=1S/C33H42O3/c1-4-6-7-8-9-10-11-25-35-26(3)28-17-19-29(20-18-28)30-21-23-32(24-22-30)36-33(34)31-15-13-27(12-5-2)14-16-31/h13-24,26H,4-12,25H2,1-3H3. The molecular formula is C33H42O3. The zero-order valence-corrected chi connectivity index (χ0v) is 22.3. The van der Waals surface area contributed by atoms with Gasteiger partial charge in [0.05, 0.1) is 11.7 Å². The van der Waals surface area contributed by atoms with Crippen molar-refractivity contribution in [3.05, 3.63) is 89.5 Å². The Kier molecular flexibility index (Phi) is 11.7. The van der Waals surface area contributed by atoms with E-state index in [1.54, 1.807) is 0 Å². The topological polar surface area (TPSA) is 35.5 Å². The van der Waals surface area contributed by atoms with E-state index in [0.29, 0.717) is 11.3 Å². The number of rotatable bonds is 15. The maximum absolute atomic E-state index is 12.5. The summed E-state index contributed by atoms with van der Waals surface area (Å²) < 4.78 is 11.6. The summed E-state index contributed by atoms with van der Waals surface area (Å²) in [5, 5.41) is 0. The Morgan fingerprint density at radius 2 is 1.28 bits per heavy atom. The molecule has 0 bridgehead atoms. The third-order valence-corrected chi connectivity index (χ3v) is 6.62. The molecule has 0 aromatic heterocycles. The van der Waals surface area contributed by atoms with Gasteiger partial charge in [-0.05, 0) is 66.3 Å². The molecule has 0 heterocycles. The van der Waals surface area contributed by atoms with Gasteiger partial charge in [0.1, 0.15) is 5.75 Å². The van der Waals surface area contributed by atoms with Crippen molar-refractivity contribution >= 4 is 5.97 Å². The van der Waals surface area contributed by atoms with Crippen LogP contribution in [0, 0.1) is 0 Å². The third-order valence-electron chi connectivity index (χ3n) is 6.62. The summed E-state index contributed by atoms with van der Waals surface area (Å²) in [6, 6.07) is 23.9. The second-order valence-corrected chi connectivity index (χ2v) is 9.62. The summed E-state index contributed by atoms with van der Waals surface area (Å²) in [6.07, 6.45) is 11.3. The zero-order valence-electron chi connectivity index (χ0n) is 22.3. The van der Waals surface area contributed by atoms with E-state index in [4.69, 9.17) is 9.47 Å². The molecule has 3 heteroatoms. The van der Waals surface area contributed by atoms with E-state index in [-0.39, 0.29) is 12.1 Å². The van der Waals surface area contributed by atoms with E-state index < -0.39 is 0 Å². The average molecular weight is 487 g/mol. The van der Waals surface area contributed by atoms with Crippen LogP contribution in [0.25, 0.3) is 11.1 Å². The molecule has 0 aliphatic rings. The van der Waals surface area contributed by atoms with Gasteiger partial charge in [0.2, 0.25) is 0 Å². The van der Waals surface area contributed by atoms with Gasteiger partial charge in [-0.15, -0.1) is 0 Å². The third kappa shape index (κ3) is 8.95. The number of ether oxygens (including phenoxy) is 2. The van der Waals surface area contributed by atoms with Gasteiger partial charge in [-0.25, -0.2) is 4.79 Å². The van der Waals surface area contributed by atoms with Crippen molar-refractivity contribution in [1.82, 2.24) is 0 Å². The molecule has 3 aromatic rings. The second-order valence-electron chi connectivity index (χ2n) is 9.62. The Hall–Kier alpha value is -2.91. The molecule has 0 amide bonds. The molecule has 192 valence electrons. The first-order valence-electron chi connectivity index (χ1n) is 13.7. The summed E-state index contributed by atoms with van der Waals surface area (Å²) in [5.41, 5.74) is 5.21. The fourth-order valence-corrected chi connectivity index (χ4v) is 4.34. The van der Waals surface area contributed by atoms with Gasteiger partial charge in [0.15, 0.2) is 0 Å². The number of benzene rings is 3. The van der Waals surface area contributed by atoms with Crippen LogP contribution < -0.4 is 4.74 Å². The van der Waals surface area contributed by atoms with Crippen molar-refractivity contribution in [3.8, 4) is 16.9 Å². The number of unbranched alkanes of at least 4 members (excludes halogenated alkanes) is 6. The molecule has 0 aliphatic carbocycles. The van der Waals surface area contributed by atoms with E-state index in [1.807, 2.05) is 48.5 Å². The molecule has 3 aromatic carbocycles. The molecule has 3 nitrogen and oxygen atoms in total. The Bertz CT molecular complexity index is 1020. The van der Waals surface area contributed by atoms with E-state index in [0.717, 1.165) is 37.0 Å². The van der Waals surface area contributed by atoms with Crippen LogP contribution in [0.2, 0.25) is 0 Å². The van der Waals surface area contributed by atoms with Gasteiger partial charge in [0, 0.05) is 6.61 Å². The Morgan fingerprint density at radius 1 is 0.694 bits per heavy atom. The normalized spacial score (nSPS) is 11.9. The molecule has 0 N–H and O–H groups in total. The predicted octanol–water partition coefficient (Wildman–Crippen LogP) is 9.35. The quantitative estimate of drug-likeness (QED) is 0.122. The van der Waals surface area contributed by atoms with E-state index in [9.17, 15) is 4.79 Å². The molecular weight excluding hydrogens is 444 g/mol. The van der Waals surface area contributed by atoms with Crippen LogP contribution in [0.3, 0.4) is 0 Å². The fraction of sp³-hybridized carbons (Fsp3) is 0.424. The zero-order chi connectivity index (χ0) is 25.6. The first kappa shape index (κ1) is 27.7. The highest BCUT2D eigenvalue weighted by molar-refractivity contribution is 5.91. The highest BCUT2D eigenvalue weighted by Crippen LogP contribution is 2.26. The molecule has 0 aliphatic heterocycles. The summed E-state index contributed by atoms with van der Waals surface area (Å²) in [5.74, 6) is 0.214. The number of aryl methyl sites for hydroxylation is 1. The molecule has 0 spiro atoms. The molecule has 1 unspecified atom stereocenters. The van der Waals surface area contributed by atoms with Crippen LogP contribution in [0.1, 0.15) is 99.7 Å². The lowest BCUT2D eigenvalue weighted by Gasteiger charge is -2.14. The lowest BCUT2D eigenvalue weighted by atomic mass is 10.0. The average Bonchev–Trinajstić information content (AvgIpc) is 2.91. The van der Waals surface area contributed by atoms with Crippen molar-refractivity contribution in [1.29, 1.82) is 0 Å². The van der Waals surface area contributed by atoms with Crippen molar-refractivity contribution in [2.24, 2.45) is 0 Å². The minimum atomic E-state index is -0.333. The lowest BCUT2D eigenvalue weighted by molar-refractivity contribution is 0.0627. The first-order chi connectivity index (χ1) is 17.6. The first-order valence-corrected chi connectivity index (χ1v) is 13.7. The highest BCUT2D eigenvalue weighted by atomic mass is 16.5. The Morgan fingerprint density at radius 3 is 1.89 bits per heavy atom. The smallest absolute Gasteiger partial charge is 0.343 e. The van der Waals surface area contributed by atoms with Gasteiger partial charge in [-0.1, -0.05) is 107 Å². The monoisotopic (exact) mass is 486 g/mol. The molecule has 0 saturated heterocycles. The Labute approximate surface area is 217 Å². The summed E-state index contributed by atoms with van der Waals surface area (Å²) in [4.78, 5) is 12.5. The van der Waals surface area contributed by atoms with Crippen LogP contribution in [-0.4, -0.2) is 12.6 Å². The van der Waals surface area contributed by atoms with Crippen molar-refractivity contribution < 1.29 is 14.3 Å². The van der Waals surface area contributed by atoms with Crippen LogP contribution in [0.5, 0.6) is 5.75 Å². The molecule has 0 saturated carbocycles. The summed E-state index contributed by atoms with van der Waals surface area (Å²) in [6.45, 7) is 7.34. The molecule has 0 radical (unpaired) electrons. The van der Waals surface area contributed by atoms with Crippen molar-refractivity contribution in [2.75, 3.05) is 6.61 Å². The second kappa shape index (κ2) is 15.3. The molecule has 3 rings (SSSR count). The lowest BCUT2D eigenvalue weighted by Crippen LogP contribution is -2.08. The Balaban J connectivity index is 1.45. The largest absolute Gasteiger partial charge is 0.423 e. The minimum Gasteiger partial charge on any atom is -0.423 e.